The predicted octanol–water partition coefficient (Wildman–Crippen LogP) is 4.18. The molecule has 7 heteroatoms. The highest BCUT2D eigenvalue weighted by molar-refractivity contribution is 6.05. The zero-order chi connectivity index (χ0) is 22.8. The molecular weight excluding hydrogens is 412 g/mol. The number of nitrogens with one attached hydrogen (secondary N) is 2. The first-order valence-electron chi connectivity index (χ1n) is 11.4. The van der Waals surface area contributed by atoms with Gasteiger partial charge in [-0.1, -0.05) is 50.2 Å². The van der Waals surface area contributed by atoms with Crippen molar-refractivity contribution < 1.29 is 4.79 Å². The standard InChI is InChI=1S/C26H28N6O/c1-18(2)19-7-9-20(10-8-19)21-17-28-32-14-11-23(29-25(21)32)26(33)30-22-5-3-4-6-24(22)31-15-12-27-13-16-31/h3-11,14,17-18,27H,12-13,15-16H2,1-2H3,(H,30,33). The molecule has 1 fully saturated rings. The highest BCUT2D eigenvalue weighted by Gasteiger charge is 2.18. The van der Waals surface area contributed by atoms with Crippen LogP contribution in [-0.4, -0.2) is 46.7 Å². The van der Waals surface area contributed by atoms with Crippen LogP contribution in [-0.2, 0) is 0 Å². The van der Waals surface area contributed by atoms with Gasteiger partial charge in [-0.25, -0.2) is 9.50 Å². The molecule has 0 saturated carbocycles. The summed E-state index contributed by atoms with van der Waals surface area (Å²) in [5, 5.41) is 10.9. The van der Waals surface area contributed by atoms with E-state index < -0.39 is 0 Å². The zero-order valence-electron chi connectivity index (χ0n) is 19.0. The Bertz CT molecular complexity index is 1270. The maximum atomic E-state index is 13.1. The second-order valence-corrected chi connectivity index (χ2v) is 8.62. The number of benzene rings is 2. The second kappa shape index (κ2) is 9.03. The van der Waals surface area contributed by atoms with Crippen molar-refractivity contribution >= 4 is 22.9 Å². The molecule has 3 heterocycles. The fourth-order valence-electron chi connectivity index (χ4n) is 4.19. The molecule has 1 amide bonds. The number of piperazine rings is 1. The fourth-order valence-corrected chi connectivity index (χ4v) is 4.19. The maximum absolute atomic E-state index is 13.1. The average Bonchev–Trinajstić information content (AvgIpc) is 3.28. The molecule has 0 atom stereocenters. The molecule has 0 bridgehead atoms. The van der Waals surface area contributed by atoms with E-state index in [0.29, 0.717) is 17.3 Å². The summed E-state index contributed by atoms with van der Waals surface area (Å²) >= 11 is 0. The van der Waals surface area contributed by atoms with Crippen LogP contribution in [0.5, 0.6) is 0 Å². The lowest BCUT2D eigenvalue weighted by Crippen LogP contribution is -2.43. The minimum atomic E-state index is -0.234. The summed E-state index contributed by atoms with van der Waals surface area (Å²) in [5.41, 5.74) is 6.07. The Morgan fingerprint density at radius 3 is 2.55 bits per heavy atom. The molecule has 1 aliphatic heterocycles. The van der Waals surface area contributed by atoms with Crippen LogP contribution in [0, 0.1) is 0 Å². The molecular formula is C26H28N6O. The van der Waals surface area contributed by atoms with Crippen molar-refractivity contribution in [3.05, 3.63) is 78.2 Å². The molecule has 0 unspecified atom stereocenters. The van der Waals surface area contributed by atoms with Crippen LogP contribution >= 0.6 is 0 Å². The molecule has 2 N–H and O–H groups in total. The number of carbonyl (C=O) groups excluding carboxylic acids is 1. The molecule has 4 aromatic rings. The quantitative estimate of drug-likeness (QED) is 0.487. The molecule has 0 aliphatic carbocycles. The van der Waals surface area contributed by atoms with E-state index in [0.717, 1.165) is 48.7 Å². The number of anilines is 2. The van der Waals surface area contributed by atoms with Gasteiger partial charge >= 0.3 is 0 Å². The summed E-state index contributed by atoms with van der Waals surface area (Å²) in [7, 11) is 0. The maximum Gasteiger partial charge on any atom is 0.274 e. The van der Waals surface area contributed by atoms with Gasteiger partial charge in [-0.2, -0.15) is 5.10 Å². The van der Waals surface area contributed by atoms with E-state index >= 15 is 0 Å². The summed E-state index contributed by atoms with van der Waals surface area (Å²) in [6, 6.07) is 18.1. The van der Waals surface area contributed by atoms with Crippen LogP contribution in [0.2, 0.25) is 0 Å². The SMILES string of the molecule is CC(C)c1ccc(-c2cnn3ccc(C(=O)Nc4ccccc4N4CCNCC4)nc23)cc1. The third kappa shape index (κ3) is 4.32. The second-order valence-electron chi connectivity index (χ2n) is 8.62. The Kier molecular flexibility index (Phi) is 5.79. The number of amides is 1. The van der Waals surface area contributed by atoms with Crippen LogP contribution in [0.3, 0.4) is 0 Å². The van der Waals surface area contributed by atoms with Crippen molar-refractivity contribution in [1.82, 2.24) is 19.9 Å². The molecule has 168 valence electrons. The number of aromatic nitrogens is 3. The summed E-state index contributed by atoms with van der Waals surface area (Å²) in [6.45, 7) is 8.04. The Hall–Kier alpha value is -3.71. The van der Waals surface area contributed by atoms with E-state index in [2.05, 4.69) is 63.7 Å². The summed E-state index contributed by atoms with van der Waals surface area (Å²) in [4.78, 5) is 20.1. The first-order valence-corrected chi connectivity index (χ1v) is 11.4. The lowest BCUT2D eigenvalue weighted by Gasteiger charge is -2.31. The number of carbonyl (C=O) groups is 1. The van der Waals surface area contributed by atoms with E-state index in [1.807, 2.05) is 24.3 Å². The fraction of sp³-hybridized carbons (Fsp3) is 0.269. The summed E-state index contributed by atoms with van der Waals surface area (Å²) < 4.78 is 1.71. The van der Waals surface area contributed by atoms with Crippen molar-refractivity contribution in [2.24, 2.45) is 0 Å². The summed E-state index contributed by atoms with van der Waals surface area (Å²) in [6.07, 6.45) is 3.58. The van der Waals surface area contributed by atoms with Crippen LogP contribution < -0.4 is 15.5 Å². The number of nitrogens with zero attached hydrogens (tertiary/aromatic N) is 4. The third-order valence-corrected chi connectivity index (χ3v) is 6.10. The monoisotopic (exact) mass is 440 g/mol. The van der Waals surface area contributed by atoms with E-state index in [9.17, 15) is 4.79 Å². The van der Waals surface area contributed by atoms with Gasteiger partial charge in [0.1, 0.15) is 5.69 Å². The molecule has 0 radical (unpaired) electrons. The third-order valence-electron chi connectivity index (χ3n) is 6.10. The lowest BCUT2D eigenvalue weighted by molar-refractivity contribution is 0.102. The highest BCUT2D eigenvalue weighted by atomic mass is 16.1. The Balaban J connectivity index is 1.43. The van der Waals surface area contributed by atoms with Gasteiger partial charge in [0.15, 0.2) is 5.65 Å². The minimum Gasteiger partial charge on any atom is -0.367 e. The molecule has 2 aromatic heterocycles. The largest absolute Gasteiger partial charge is 0.367 e. The number of rotatable bonds is 5. The topological polar surface area (TPSA) is 74.6 Å². The summed E-state index contributed by atoms with van der Waals surface area (Å²) in [5.74, 6) is 0.239. The first kappa shape index (κ1) is 21.2. The van der Waals surface area contributed by atoms with Crippen LogP contribution in [0.15, 0.2) is 67.0 Å². The molecule has 5 rings (SSSR count). The van der Waals surface area contributed by atoms with Gasteiger partial charge in [-0.15, -0.1) is 0 Å². The van der Waals surface area contributed by atoms with Gasteiger partial charge < -0.3 is 15.5 Å². The van der Waals surface area contributed by atoms with Crippen LogP contribution in [0.25, 0.3) is 16.8 Å². The lowest BCUT2D eigenvalue weighted by atomic mass is 10.00. The van der Waals surface area contributed by atoms with Gasteiger partial charge in [0.05, 0.1) is 17.6 Å². The normalized spacial score (nSPS) is 14.1. The van der Waals surface area contributed by atoms with Crippen molar-refractivity contribution in [2.75, 3.05) is 36.4 Å². The first-order chi connectivity index (χ1) is 16.1. The van der Waals surface area contributed by atoms with E-state index in [4.69, 9.17) is 0 Å². The Morgan fingerprint density at radius 1 is 1.03 bits per heavy atom. The zero-order valence-corrected chi connectivity index (χ0v) is 19.0. The Morgan fingerprint density at radius 2 is 1.79 bits per heavy atom. The van der Waals surface area contributed by atoms with Crippen LogP contribution in [0.1, 0.15) is 35.8 Å². The molecule has 33 heavy (non-hydrogen) atoms. The van der Waals surface area contributed by atoms with Gasteiger partial charge in [0.2, 0.25) is 0 Å². The van der Waals surface area contributed by atoms with Gasteiger partial charge in [-0.05, 0) is 35.2 Å². The minimum absolute atomic E-state index is 0.234. The van der Waals surface area contributed by atoms with Crippen molar-refractivity contribution in [3.8, 4) is 11.1 Å². The van der Waals surface area contributed by atoms with Crippen molar-refractivity contribution in [2.45, 2.75) is 19.8 Å². The van der Waals surface area contributed by atoms with Gasteiger partial charge in [0.25, 0.3) is 5.91 Å². The smallest absolute Gasteiger partial charge is 0.274 e. The van der Waals surface area contributed by atoms with Crippen molar-refractivity contribution in [3.63, 3.8) is 0 Å². The van der Waals surface area contributed by atoms with Gasteiger partial charge in [0, 0.05) is 37.9 Å². The number of hydrogen-bond donors (Lipinski definition) is 2. The molecule has 1 saturated heterocycles. The predicted molar refractivity (Wildman–Crippen MR) is 132 cm³/mol. The van der Waals surface area contributed by atoms with E-state index in [1.54, 1.807) is 23.0 Å². The average molecular weight is 441 g/mol. The molecule has 1 aliphatic rings. The van der Waals surface area contributed by atoms with Gasteiger partial charge in [-0.3, -0.25) is 4.79 Å². The number of fused-ring (bicyclic) bond motifs is 1. The number of para-hydroxylation sites is 2. The molecule has 2 aromatic carbocycles. The highest BCUT2D eigenvalue weighted by Crippen LogP contribution is 2.28. The van der Waals surface area contributed by atoms with Crippen molar-refractivity contribution in [1.29, 1.82) is 0 Å². The Labute approximate surface area is 193 Å². The van der Waals surface area contributed by atoms with E-state index in [1.165, 1.54) is 5.56 Å². The number of hydrogen-bond acceptors (Lipinski definition) is 5. The molecule has 0 spiro atoms. The van der Waals surface area contributed by atoms with E-state index in [-0.39, 0.29) is 5.91 Å². The molecule has 7 nitrogen and oxygen atoms in total. The van der Waals surface area contributed by atoms with Crippen LogP contribution in [0.4, 0.5) is 11.4 Å².